The molecule has 2 amide bonds. The number of urea groups is 1. The lowest BCUT2D eigenvalue weighted by atomic mass is 10.1. The van der Waals surface area contributed by atoms with Crippen molar-refractivity contribution in [3.05, 3.63) is 46.2 Å². The van der Waals surface area contributed by atoms with E-state index in [0.717, 1.165) is 11.4 Å². The Morgan fingerprint density at radius 3 is 2.83 bits per heavy atom. The molecule has 0 spiro atoms. The molecule has 5 nitrogen and oxygen atoms in total. The van der Waals surface area contributed by atoms with Crippen molar-refractivity contribution in [2.75, 3.05) is 7.11 Å². The van der Waals surface area contributed by atoms with Gasteiger partial charge in [-0.2, -0.15) is 0 Å². The van der Waals surface area contributed by atoms with Crippen molar-refractivity contribution in [3.8, 4) is 5.75 Å². The van der Waals surface area contributed by atoms with Gasteiger partial charge in [-0.25, -0.2) is 14.2 Å². The number of benzene rings is 1. The third-order valence-corrected chi connectivity index (χ3v) is 4.37. The van der Waals surface area contributed by atoms with Gasteiger partial charge in [-0.05, 0) is 25.5 Å². The van der Waals surface area contributed by atoms with Crippen LogP contribution in [0.25, 0.3) is 0 Å². The van der Waals surface area contributed by atoms with Crippen LogP contribution in [0.15, 0.2) is 29.8 Å². The van der Waals surface area contributed by atoms with Crippen LogP contribution in [0.2, 0.25) is 0 Å². The van der Waals surface area contributed by atoms with Gasteiger partial charge in [0.1, 0.15) is 16.6 Å². The molecule has 0 aliphatic heterocycles. The van der Waals surface area contributed by atoms with Crippen LogP contribution in [-0.4, -0.2) is 18.1 Å². The summed E-state index contributed by atoms with van der Waals surface area (Å²) in [5, 5.41) is 8.32. The van der Waals surface area contributed by atoms with Gasteiger partial charge in [-0.15, -0.1) is 11.3 Å². The summed E-state index contributed by atoms with van der Waals surface area (Å²) >= 11 is 1.49. The molecule has 23 heavy (non-hydrogen) atoms. The average Bonchev–Trinajstić information content (AvgIpc) is 3.06. The standard InChI is InChI=1S/C16H20FN3O2S/c1-4-12(15-18-8-9-23-15)20-16(21)19-10(2)14-11(17)6-5-7-13(14)22-3/h5-10,12H,4H2,1-3H3,(H2,19,20,21). The van der Waals surface area contributed by atoms with Crippen LogP contribution in [0, 0.1) is 5.82 Å². The fraction of sp³-hybridized carbons (Fsp3) is 0.375. The van der Waals surface area contributed by atoms with Gasteiger partial charge < -0.3 is 15.4 Å². The number of ether oxygens (including phenoxy) is 1. The third kappa shape index (κ3) is 4.19. The highest BCUT2D eigenvalue weighted by Crippen LogP contribution is 2.27. The Labute approximate surface area is 138 Å². The maximum atomic E-state index is 14.0. The van der Waals surface area contributed by atoms with E-state index in [4.69, 9.17) is 4.74 Å². The zero-order valence-corrected chi connectivity index (χ0v) is 14.1. The van der Waals surface area contributed by atoms with Gasteiger partial charge in [0.25, 0.3) is 0 Å². The van der Waals surface area contributed by atoms with Crippen molar-refractivity contribution >= 4 is 17.4 Å². The van der Waals surface area contributed by atoms with E-state index in [1.54, 1.807) is 25.3 Å². The summed E-state index contributed by atoms with van der Waals surface area (Å²) in [6.45, 7) is 3.68. The Bertz CT molecular complexity index is 649. The molecule has 0 fully saturated rings. The number of rotatable bonds is 6. The number of halogens is 1. The van der Waals surface area contributed by atoms with Crippen molar-refractivity contribution in [3.63, 3.8) is 0 Å². The number of carbonyl (C=O) groups is 1. The molecule has 1 aromatic heterocycles. The third-order valence-electron chi connectivity index (χ3n) is 3.48. The van der Waals surface area contributed by atoms with Crippen LogP contribution >= 0.6 is 11.3 Å². The van der Waals surface area contributed by atoms with Crippen LogP contribution in [-0.2, 0) is 0 Å². The fourth-order valence-electron chi connectivity index (χ4n) is 2.33. The van der Waals surface area contributed by atoms with Crippen molar-refractivity contribution in [1.82, 2.24) is 15.6 Å². The van der Waals surface area contributed by atoms with E-state index in [1.165, 1.54) is 24.5 Å². The highest BCUT2D eigenvalue weighted by atomic mass is 32.1. The summed E-state index contributed by atoms with van der Waals surface area (Å²) in [4.78, 5) is 16.4. The SMILES string of the molecule is CCC(NC(=O)NC(C)c1c(F)cccc1OC)c1nccs1. The van der Waals surface area contributed by atoms with Gasteiger partial charge >= 0.3 is 6.03 Å². The van der Waals surface area contributed by atoms with Gasteiger partial charge in [0, 0.05) is 11.6 Å². The first kappa shape index (κ1) is 17.2. The molecule has 0 saturated carbocycles. The van der Waals surface area contributed by atoms with Crippen LogP contribution in [0.3, 0.4) is 0 Å². The number of carbonyl (C=O) groups excluding carboxylic acids is 1. The predicted octanol–water partition coefficient (Wildman–Crippen LogP) is 3.80. The zero-order valence-electron chi connectivity index (χ0n) is 13.3. The second-order valence-electron chi connectivity index (χ2n) is 5.03. The predicted molar refractivity (Wildman–Crippen MR) is 88.2 cm³/mol. The molecule has 2 unspecified atom stereocenters. The first-order chi connectivity index (χ1) is 11.1. The molecule has 0 aliphatic rings. The summed E-state index contributed by atoms with van der Waals surface area (Å²) in [6.07, 6.45) is 2.42. The number of nitrogens with one attached hydrogen (secondary N) is 2. The van der Waals surface area contributed by atoms with Crippen LogP contribution in [0.1, 0.15) is 42.9 Å². The van der Waals surface area contributed by atoms with Crippen molar-refractivity contribution in [1.29, 1.82) is 0 Å². The number of hydrogen-bond acceptors (Lipinski definition) is 4. The quantitative estimate of drug-likeness (QED) is 0.843. The molecule has 0 radical (unpaired) electrons. The van der Waals surface area contributed by atoms with E-state index in [9.17, 15) is 9.18 Å². The molecule has 124 valence electrons. The smallest absolute Gasteiger partial charge is 0.315 e. The molecular formula is C16H20FN3O2S. The van der Waals surface area contributed by atoms with E-state index in [1.807, 2.05) is 12.3 Å². The summed E-state index contributed by atoms with van der Waals surface area (Å²) in [6, 6.07) is 3.52. The number of aromatic nitrogens is 1. The molecule has 0 bridgehead atoms. The monoisotopic (exact) mass is 337 g/mol. The number of thiazole rings is 1. The highest BCUT2D eigenvalue weighted by Gasteiger charge is 2.20. The molecule has 2 N–H and O–H groups in total. The first-order valence-corrected chi connectivity index (χ1v) is 8.23. The fourth-order valence-corrected chi connectivity index (χ4v) is 3.10. The Balaban J connectivity index is 2.05. The summed E-state index contributed by atoms with van der Waals surface area (Å²) < 4.78 is 19.2. The van der Waals surface area contributed by atoms with Crippen LogP contribution < -0.4 is 15.4 Å². The molecule has 0 aliphatic carbocycles. The second-order valence-corrected chi connectivity index (χ2v) is 5.95. The molecule has 0 saturated heterocycles. The normalized spacial score (nSPS) is 13.2. The van der Waals surface area contributed by atoms with E-state index in [2.05, 4.69) is 15.6 Å². The van der Waals surface area contributed by atoms with Gasteiger partial charge in [-0.3, -0.25) is 0 Å². The van der Waals surface area contributed by atoms with Gasteiger partial charge in [0.05, 0.1) is 24.8 Å². The van der Waals surface area contributed by atoms with E-state index >= 15 is 0 Å². The number of nitrogens with zero attached hydrogens (tertiary/aromatic N) is 1. The lowest BCUT2D eigenvalue weighted by Gasteiger charge is -2.20. The molecule has 1 aromatic carbocycles. The molecule has 2 rings (SSSR count). The van der Waals surface area contributed by atoms with Crippen molar-refractivity contribution < 1.29 is 13.9 Å². The lowest BCUT2D eigenvalue weighted by molar-refractivity contribution is 0.233. The molecule has 2 aromatic rings. The Morgan fingerprint density at radius 2 is 2.22 bits per heavy atom. The summed E-state index contributed by atoms with van der Waals surface area (Å²) in [7, 11) is 1.47. The van der Waals surface area contributed by atoms with Crippen molar-refractivity contribution in [2.45, 2.75) is 32.4 Å². The van der Waals surface area contributed by atoms with E-state index in [0.29, 0.717) is 11.3 Å². The molecular weight excluding hydrogens is 317 g/mol. The number of amides is 2. The van der Waals surface area contributed by atoms with E-state index in [-0.39, 0.29) is 12.1 Å². The summed E-state index contributed by atoms with van der Waals surface area (Å²) in [5.74, 6) is -0.00567. The molecule has 1 heterocycles. The minimum Gasteiger partial charge on any atom is -0.496 e. The highest BCUT2D eigenvalue weighted by molar-refractivity contribution is 7.09. The second kappa shape index (κ2) is 7.92. The maximum absolute atomic E-state index is 14.0. The number of methoxy groups -OCH3 is 1. The first-order valence-electron chi connectivity index (χ1n) is 7.35. The van der Waals surface area contributed by atoms with Crippen molar-refractivity contribution in [2.24, 2.45) is 0 Å². The Morgan fingerprint density at radius 1 is 1.43 bits per heavy atom. The van der Waals surface area contributed by atoms with Gasteiger partial charge in [-0.1, -0.05) is 13.0 Å². The topological polar surface area (TPSA) is 63.2 Å². The minimum absolute atomic E-state index is 0.162. The van der Waals surface area contributed by atoms with Gasteiger partial charge in [0.15, 0.2) is 0 Å². The molecule has 7 heteroatoms. The zero-order chi connectivity index (χ0) is 16.8. The average molecular weight is 337 g/mol. The number of hydrogen-bond donors (Lipinski definition) is 2. The van der Waals surface area contributed by atoms with Gasteiger partial charge in [0.2, 0.25) is 0 Å². The van der Waals surface area contributed by atoms with Crippen LogP contribution in [0.4, 0.5) is 9.18 Å². The minimum atomic E-state index is -0.528. The summed E-state index contributed by atoms with van der Waals surface area (Å²) in [5.41, 5.74) is 0.326. The Kier molecular flexibility index (Phi) is 5.92. The molecule has 2 atom stereocenters. The van der Waals surface area contributed by atoms with Crippen LogP contribution in [0.5, 0.6) is 5.75 Å². The largest absolute Gasteiger partial charge is 0.496 e. The van der Waals surface area contributed by atoms with E-state index < -0.39 is 11.9 Å². The Hall–Kier alpha value is -2.15. The maximum Gasteiger partial charge on any atom is 0.315 e. The lowest BCUT2D eigenvalue weighted by Crippen LogP contribution is -2.39.